The second-order valence-electron chi connectivity index (χ2n) is 5.38. The van der Waals surface area contributed by atoms with Gasteiger partial charge in [-0.15, -0.1) is 0 Å². The molecule has 1 aromatic heterocycles. The predicted molar refractivity (Wildman–Crippen MR) is 70.6 cm³/mol. The molecule has 1 unspecified atom stereocenters. The van der Waals surface area contributed by atoms with E-state index in [4.69, 9.17) is 16.7 Å². The summed E-state index contributed by atoms with van der Waals surface area (Å²) in [6.07, 6.45) is 2.85. The number of carbonyl (C=O) groups is 1. The van der Waals surface area contributed by atoms with Crippen molar-refractivity contribution in [3.05, 3.63) is 22.8 Å². The number of anilines is 1. The monoisotopic (exact) mass is 282 g/mol. The number of halogens is 1. The Kier molecular flexibility index (Phi) is 3.11. The van der Waals surface area contributed by atoms with E-state index in [-0.39, 0.29) is 11.7 Å². The topological polar surface area (TPSA) is 73.7 Å². The Hall–Kier alpha value is -1.33. The molecule has 1 saturated heterocycles. The standard InChI is InChI=1S/C13H15ClN2O3/c14-11-3-7(13(18)19)4-15-12(11)16-5-8-1-10(17)2-9(8)6-16/h3-4,8-10,17H,1-2,5-6H2,(H,18,19)/t8-,9+,10?. The normalized spacial score (nSPS) is 29.6. The highest BCUT2D eigenvalue weighted by Crippen LogP contribution is 2.40. The summed E-state index contributed by atoms with van der Waals surface area (Å²) in [5.41, 5.74) is 0.101. The number of pyridine rings is 1. The molecule has 3 atom stereocenters. The first kappa shape index (κ1) is 12.7. The quantitative estimate of drug-likeness (QED) is 0.863. The number of aliphatic hydroxyl groups is 1. The minimum Gasteiger partial charge on any atom is -0.478 e. The van der Waals surface area contributed by atoms with Crippen LogP contribution < -0.4 is 4.90 Å². The number of carboxylic acid groups (broad SMARTS) is 1. The summed E-state index contributed by atoms with van der Waals surface area (Å²) < 4.78 is 0. The highest BCUT2D eigenvalue weighted by Gasteiger charge is 2.41. The van der Waals surface area contributed by atoms with E-state index in [1.807, 2.05) is 0 Å². The third-order valence-electron chi connectivity index (χ3n) is 4.09. The molecule has 1 saturated carbocycles. The van der Waals surface area contributed by atoms with Crippen molar-refractivity contribution in [2.24, 2.45) is 11.8 Å². The summed E-state index contributed by atoms with van der Waals surface area (Å²) in [6, 6.07) is 1.44. The Bertz CT molecular complexity index is 509. The summed E-state index contributed by atoms with van der Waals surface area (Å²) in [7, 11) is 0. The van der Waals surface area contributed by atoms with Crippen LogP contribution in [0.25, 0.3) is 0 Å². The molecule has 0 bridgehead atoms. The maximum Gasteiger partial charge on any atom is 0.337 e. The van der Waals surface area contributed by atoms with Gasteiger partial charge in [0.05, 0.1) is 16.7 Å². The van der Waals surface area contributed by atoms with Gasteiger partial charge in [-0.3, -0.25) is 0 Å². The molecule has 2 aliphatic rings. The highest BCUT2D eigenvalue weighted by molar-refractivity contribution is 6.33. The molecular weight excluding hydrogens is 268 g/mol. The molecular formula is C13H15ClN2O3. The number of nitrogens with zero attached hydrogens (tertiary/aromatic N) is 2. The van der Waals surface area contributed by atoms with E-state index in [9.17, 15) is 9.90 Å². The van der Waals surface area contributed by atoms with Crippen molar-refractivity contribution in [3.63, 3.8) is 0 Å². The molecule has 2 N–H and O–H groups in total. The number of hydrogen-bond donors (Lipinski definition) is 2. The first-order valence-electron chi connectivity index (χ1n) is 6.36. The molecule has 3 rings (SSSR count). The number of rotatable bonds is 2. The van der Waals surface area contributed by atoms with Gasteiger partial charge in [-0.05, 0) is 30.7 Å². The van der Waals surface area contributed by atoms with Crippen LogP contribution in [0.5, 0.6) is 0 Å². The Labute approximate surface area is 115 Å². The molecule has 0 spiro atoms. The lowest BCUT2D eigenvalue weighted by Gasteiger charge is -2.20. The molecule has 2 heterocycles. The molecule has 1 aliphatic carbocycles. The van der Waals surface area contributed by atoms with Crippen LogP contribution in [0, 0.1) is 11.8 Å². The molecule has 6 heteroatoms. The fourth-order valence-corrected chi connectivity index (χ4v) is 3.51. The van der Waals surface area contributed by atoms with E-state index in [2.05, 4.69) is 9.88 Å². The largest absolute Gasteiger partial charge is 0.478 e. The number of aliphatic hydroxyl groups excluding tert-OH is 1. The molecule has 0 aromatic carbocycles. The van der Waals surface area contributed by atoms with Crippen molar-refractivity contribution in [1.82, 2.24) is 4.98 Å². The molecule has 5 nitrogen and oxygen atoms in total. The van der Waals surface area contributed by atoms with Crippen molar-refractivity contribution >= 4 is 23.4 Å². The van der Waals surface area contributed by atoms with Crippen molar-refractivity contribution in [2.45, 2.75) is 18.9 Å². The third kappa shape index (κ3) is 2.28. The van der Waals surface area contributed by atoms with Gasteiger partial charge in [0.1, 0.15) is 5.82 Å². The maximum atomic E-state index is 10.8. The Morgan fingerprint density at radius 3 is 2.53 bits per heavy atom. The second-order valence-corrected chi connectivity index (χ2v) is 5.79. The average molecular weight is 283 g/mol. The van der Waals surface area contributed by atoms with Gasteiger partial charge >= 0.3 is 5.97 Å². The third-order valence-corrected chi connectivity index (χ3v) is 4.37. The van der Waals surface area contributed by atoms with Crippen molar-refractivity contribution in [3.8, 4) is 0 Å². The molecule has 102 valence electrons. The van der Waals surface area contributed by atoms with Crippen molar-refractivity contribution < 1.29 is 15.0 Å². The summed E-state index contributed by atoms with van der Waals surface area (Å²) in [5, 5.41) is 18.9. The highest BCUT2D eigenvalue weighted by atomic mass is 35.5. The van der Waals surface area contributed by atoms with Crippen LogP contribution in [0.2, 0.25) is 5.02 Å². The van der Waals surface area contributed by atoms with Gasteiger partial charge in [-0.2, -0.15) is 0 Å². The van der Waals surface area contributed by atoms with E-state index in [1.54, 1.807) is 0 Å². The van der Waals surface area contributed by atoms with E-state index in [0.717, 1.165) is 25.9 Å². The number of aromatic nitrogens is 1. The number of hydrogen-bond acceptors (Lipinski definition) is 4. The van der Waals surface area contributed by atoms with Crippen LogP contribution in [0.3, 0.4) is 0 Å². The number of fused-ring (bicyclic) bond motifs is 1. The van der Waals surface area contributed by atoms with Gasteiger partial charge in [0.15, 0.2) is 0 Å². The van der Waals surface area contributed by atoms with Crippen LogP contribution in [-0.2, 0) is 0 Å². The van der Waals surface area contributed by atoms with Crippen molar-refractivity contribution in [1.29, 1.82) is 0 Å². The minimum atomic E-state index is -1.03. The molecule has 1 aromatic rings. The summed E-state index contributed by atoms with van der Waals surface area (Å²) >= 11 is 6.12. The maximum absolute atomic E-state index is 10.8. The van der Waals surface area contributed by atoms with Gasteiger partial charge in [-0.1, -0.05) is 11.6 Å². The fourth-order valence-electron chi connectivity index (χ4n) is 3.22. The zero-order chi connectivity index (χ0) is 13.6. The van der Waals surface area contributed by atoms with Gasteiger partial charge < -0.3 is 15.1 Å². The Morgan fingerprint density at radius 2 is 2.00 bits per heavy atom. The zero-order valence-corrected chi connectivity index (χ0v) is 11.0. The van der Waals surface area contributed by atoms with Crippen LogP contribution in [0.4, 0.5) is 5.82 Å². The van der Waals surface area contributed by atoms with E-state index in [0.29, 0.717) is 22.7 Å². The van der Waals surface area contributed by atoms with Crippen LogP contribution >= 0.6 is 11.6 Å². The molecule has 0 radical (unpaired) electrons. The fraction of sp³-hybridized carbons (Fsp3) is 0.538. The summed E-state index contributed by atoms with van der Waals surface area (Å²) in [4.78, 5) is 17.1. The summed E-state index contributed by atoms with van der Waals surface area (Å²) in [6.45, 7) is 1.67. The lowest BCUT2D eigenvalue weighted by atomic mass is 10.0. The summed E-state index contributed by atoms with van der Waals surface area (Å²) in [5.74, 6) is 0.608. The lowest BCUT2D eigenvalue weighted by Crippen LogP contribution is -2.24. The van der Waals surface area contributed by atoms with Gasteiger partial charge in [0.2, 0.25) is 0 Å². The Balaban J connectivity index is 1.79. The van der Waals surface area contributed by atoms with Crippen LogP contribution in [0.1, 0.15) is 23.2 Å². The average Bonchev–Trinajstić information content (AvgIpc) is 2.85. The number of aromatic carboxylic acids is 1. The lowest BCUT2D eigenvalue weighted by molar-refractivity contribution is 0.0696. The molecule has 2 fully saturated rings. The van der Waals surface area contributed by atoms with Crippen molar-refractivity contribution in [2.75, 3.05) is 18.0 Å². The van der Waals surface area contributed by atoms with E-state index in [1.165, 1.54) is 12.3 Å². The van der Waals surface area contributed by atoms with Gasteiger partial charge in [-0.25, -0.2) is 9.78 Å². The van der Waals surface area contributed by atoms with Gasteiger partial charge in [0.25, 0.3) is 0 Å². The zero-order valence-electron chi connectivity index (χ0n) is 10.3. The second kappa shape index (κ2) is 4.65. The van der Waals surface area contributed by atoms with E-state index >= 15 is 0 Å². The predicted octanol–water partition coefficient (Wildman–Crippen LogP) is 1.64. The number of carboxylic acids is 1. The minimum absolute atomic E-state index is 0.101. The molecule has 19 heavy (non-hydrogen) atoms. The molecule has 1 aliphatic heterocycles. The SMILES string of the molecule is O=C(O)c1cnc(N2C[C@H]3CC(O)C[C@H]3C2)c(Cl)c1. The molecule has 0 amide bonds. The van der Waals surface area contributed by atoms with Gasteiger partial charge in [0, 0.05) is 19.3 Å². The smallest absolute Gasteiger partial charge is 0.337 e. The first-order valence-corrected chi connectivity index (χ1v) is 6.74. The first-order chi connectivity index (χ1) is 9.04. The van der Waals surface area contributed by atoms with E-state index < -0.39 is 5.97 Å². The van der Waals surface area contributed by atoms with Crippen LogP contribution in [-0.4, -0.2) is 40.4 Å². The Morgan fingerprint density at radius 1 is 1.37 bits per heavy atom. The van der Waals surface area contributed by atoms with Crippen LogP contribution in [0.15, 0.2) is 12.3 Å².